The van der Waals surface area contributed by atoms with Crippen LogP contribution < -0.4 is 0 Å². The Morgan fingerprint density at radius 2 is 1.50 bits per heavy atom. The van der Waals surface area contributed by atoms with Gasteiger partial charge in [-0.05, 0) is 0 Å². The average molecular weight is 130 g/mol. The fourth-order valence-corrected chi connectivity index (χ4v) is 0. The maximum atomic E-state index is 8.00. The Labute approximate surface area is 48.6 Å². The summed E-state index contributed by atoms with van der Waals surface area (Å²) in [6.45, 7) is 8.50. The van der Waals surface area contributed by atoms with E-state index in [-0.39, 0.29) is 16.8 Å². The minimum Gasteiger partial charge on any atom is -0.307 e. The van der Waals surface area contributed by atoms with Crippen LogP contribution in [0.3, 0.4) is 0 Å². The first-order chi connectivity index (χ1) is 2.41. The van der Waals surface area contributed by atoms with Gasteiger partial charge in [-0.15, -0.1) is 0 Å². The zero-order chi connectivity index (χ0) is 4.71. The molecule has 0 saturated carbocycles. The Morgan fingerprint density at radius 1 is 1.50 bits per heavy atom. The monoisotopic (exact) mass is 130 g/mol. The molecule has 0 rings (SSSR count). The van der Waals surface area contributed by atoms with E-state index in [0.717, 1.165) is 0 Å². The third-order valence-corrected chi connectivity index (χ3v) is 0. The smallest absolute Gasteiger partial charge is 0.106 e. The molecule has 2 heteroatoms. The first kappa shape index (κ1) is 17.1. The van der Waals surface area contributed by atoms with Crippen molar-refractivity contribution in [3.63, 3.8) is 0 Å². The zero-order valence-electron chi connectivity index (χ0n) is 3.44. The van der Waals surface area contributed by atoms with Crippen LogP contribution in [0.1, 0.15) is 0 Å². The molecule has 0 aromatic heterocycles. The van der Waals surface area contributed by atoms with Crippen molar-refractivity contribution in [2.24, 2.45) is 0 Å². The van der Waals surface area contributed by atoms with Gasteiger partial charge in [-0.3, -0.25) is 0 Å². The maximum Gasteiger partial charge on any atom is 0.106 e. The summed E-state index contributed by atoms with van der Waals surface area (Å²) >= 11 is 0. The van der Waals surface area contributed by atoms with Gasteiger partial charge in [0.15, 0.2) is 0 Å². The molecule has 0 fully saturated rings. The number of rotatable bonds is 0. The Balaban J connectivity index is -0.0000000275. The second kappa shape index (κ2) is 111. The molecule has 0 amide bonds. The molecule has 0 aliphatic carbocycles. The van der Waals surface area contributed by atoms with Crippen LogP contribution in [0.4, 0.5) is 0 Å². The summed E-state index contributed by atoms with van der Waals surface area (Å²) in [7, 11) is 0. The van der Waals surface area contributed by atoms with E-state index in [9.17, 15) is 0 Å². The number of carbonyl (C=O) groups is 1. The summed E-state index contributed by atoms with van der Waals surface area (Å²) in [4.78, 5) is 8.00. The van der Waals surface area contributed by atoms with Crippen molar-refractivity contribution in [2.45, 2.75) is 0 Å². The maximum absolute atomic E-state index is 8.00. The molecule has 0 heterocycles. The normalized spacial score (nSPS) is 2.67. The van der Waals surface area contributed by atoms with Crippen LogP contribution in [0.15, 0.2) is 12.7 Å². The van der Waals surface area contributed by atoms with Crippen molar-refractivity contribution in [1.82, 2.24) is 0 Å². The Morgan fingerprint density at radius 3 is 1.50 bits per heavy atom. The zero-order valence-corrected chi connectivity index (χ0v) is 4.48. The van der Waals surface area contributed by atoms with Crippen LogP contribution in [-0.2, 0) is 21.6 Å². The molecule has 0 atom stereocenters. The van der Waals surface area contributed by atoms with Gasteiger partial charge in [0, 0.05) is 16.8 Å². The Hall–Kier alpha value is -0.214. The third-order valence-electron chi connectivity index (χ3n) is 0. The van der Waals surface area contributed by atoms with Gasteiger partial charge >= 0.3 is 0 Å². The van der Waals surface area contributed by atoms with Gasteiger partial charge in [0.25, 0.3) is 0 Å². The van der Waals surface area contributed by atoms with Crippen LogP contribution in [0.5, 0.6) is 0 Å². The Kier molecular flexibility index (Phi) is 316. The number of hydrogen-bond acceptors (Lipinski definition) is 1. The number of hydrogen-bond donors (Lipinski definition) is 0. The molecular weight excluding hydrogens is 123 g/mol. The van der Waals surface area contributed by atoms with Gasteiger partial charge < -0.3 is 4.79 Å². The summed E-state index contributed by atoms with van der Waals surface area (Å²) in [6, 6.07) is 0. The van der Waals surface area contributed by atoms with Gasteiger partial charge in [-0.1, -0.05) is 0 Å². The molecule has 0 unspecified atom stereocenters. The minimum atomic E-state index is 0. The first-order valence-electron chi connectivity index (χ1n) is 1.11. The third kappa shape index (κ3) is 645. The molecule has 0 N–H and O–H groups in total. The van der Waals surface area contributed by atoms with Crippen molar-refractivity contribution < 1.29 is 21.6 Å². The SMILES string of the molecule is C=C[CH2-].C=O.[Co]. The van der Waals surface area contributed by atoms with E-state index >= 15 is 0 Å². The van der Waals surface area contributed by atoms with Gasteiger partial charge in [0.05, 0.1) is 0 Å². The van der Waals surface area contributed by atoms with Gasteiger partial charge in [-0.25, -0.2) is 19.6 Å². The van der Waals surface area contributed by atoms with Crippen molar-refractivity contribution in [3.05, 3.63) is 19.6 Å². The molecule has 0 bridgehead atoms. The van der Waals surface area contributed by atoms with Crippen LogP contribution in [0.25, 0.3) is 0 Å². The second-order valence-electron chi connectivity index (χ2n) is 0.289. The van der Waals surface area contributed by atoms with Gasteiger partial charge in [-0.2, -0.15) is 0 Å². The van der Waals surface area contributed by atoms with Gasteiger partial charge in [0.1, 0.15) is 6.79 Å². The van der Waals surface area contributed by atoms with E-state index in [2.05, 4.69) is 13.5 Å². The molecule has 0 aliphatic heterocycles. The van der Waals surface area contributed by atoms with Crippen LogP contribution >= 0.6 is 0 Å². The molecule has 0 aromatic carbocycles. The largest absolute Gasteiger partial charge is 0.307 e. The Bertz CT molecular complexity index is 21.5. The summed E-state index contributed by atoms with van der Waals surface area (Å²) in [5.74, 6) is 0. The fourth-order valence-electron chi connectivity index (χ4n) is 0. The summed E-state index contributed by atoms with van der Waals surface area (Å²) < 4.78 is 0. The first-order valence-corrected chi connectivity index (χ1v) is 1.11. The van der Waals surface area contributed by atoms with Crippen LogP contribution in [0, 0.1) is 6.92 Å². The average Bonchev–Trinajstić information content (AvgIpc) is 1.46. The van der Waals surface area contributed by atoms with Crippen molar-refractivity contribution >= 4 is 6.79 Å². The molecule has 1 nitrogen and oxygen atoms in total. The second-order valence-corrected chi connectivity index (χ2v) is 0.289. The molecular formula is C4H7CoO-. The molecule has 1 radical (unpaired) electrons. The van der Waals surface area contributed by atoms with E-state index in [1.165, 1.54) is 6.08 Å². The van der Waals surface area contributed by atoms with Crippen molar-refractivity contribution in [1.29, 1.82) is 0 Å². The van der Waals surface area contributed by atoms with E-state index in [0.29, 0.717) is 0 Å². The molecule has 39 valence electrons. The van der Waals surface area contributed by atoms with Crippen LogP contribution in [-0.4, -0.2) is 6.79 Å². The van der Waals surface area contributed by atoms with E-state index in [1.54, 1.807) is 0 Å². The number of carbonyl (C=O) groups excluding carboxylic acids is 1. The predicted octanol–water partition coefficient (Wildman–Crippen LogP) is 0.819. The minimum absolute atomic E-state index is 0. The summed E-state index contributed by atoms with van der Waals surface area (Å²) in [5.41, 5.74) is 0. The van der Waals surface area contributed by atoms with E-state index in [1.807, 2.05) is 6.79 Å². The summed E-state index contributed by atoms with van der Waals surface area (Å²) in [6.07, 6.45) is 1.50. The molecule has 0 aromatic rings. The fraction of sp³-hybridized carbons (Fsp3) is 0. The topological polar surface area (TPSA) is 17.1 Å². The predicted molar refractivity (Wildman–Crippen MR) is 22.7 cm³/mol. The van der Waals surface area contributed by atoms with Gasteiger partial charge in [0.2, 0.25) is 0 Å². The molecule has 0 saturated heterocycles. The van der Waals surface area contributed by atoms with Crippen molar-refractivity contribution in [3.8, 4) is 0 Å². The number of allylic oxidation sites excluding steroid dienone is 1. The summed E-state index contributed by atoms with van der Waals surface area (Å²) in [5, 5.41) is 0. The van der Waals surface area contributed by atoms with Crippen molar-refractivity contribution in [2.75, 3.05) is 0 Å². The standard InChI is InChI=1S/C3H5.CH2O.Co/c1-3-2;1-2;/h3H,1-2H2;1H2;/q-1;;. The van der Waals surface area contributed by atoms with E-state index in [4.69, 9.17) is 4.79 Å². The molecule has 0 spiro atoms. The van der Waals surface area contributed by atoms with E-state index < -0.39 is 0 Å². The molecule has 0 aliphatic rings. The quantitative estimate of drug-likeness (QED) is 0.443. The van der Waals surface area contributed by atoms with Crippen LogP contribution in [0.2, 0.25) is 0 Å². The molecule has 6 heavy (non-hydrogen) atoms.